The van der Waals surface area contributed by atoms with E-state index in [1.165, 1.54) is 23.8 Å². The van der Waals surface area contributed by atoms with Crippen LogP contribution in [-0.4, -0.2) is 50.2 Å². The van der Waals surface area contributed by atoms with E-state index in [1.54, 1.807) is 41.2 Å². The number of nitriles is 1. The topological polar surface area (TPSA) is 103 Å². The van der Waals surface area contributed by atoms with Gasteiger partial charge in [0.25, 0.3) is 5.91 Å². The van der Waals surface area contributed by atoms with E-state index in [0.717, 1.165) is 25.9 Å². The summed E-state index contributed by atoms with van der Waals surface area (Å²) in [7, 11) is 1.82. The zero-order valence-electron chi connectivity index (χ0n) is 26.3. The number of alkyl halides is 3. The van der Waals surface area contributed by atoms with Gasteiger partial charge in [0.2, 0.25) is 0 Å². The van der Waals surface area contributed by atoms with Crippen molar-refractivity contribution in [2.24, 2.45) is 18.9 Å². The molecular weight excluding hydrogens is 605 g/mol. The molecule has 12 heteroatoms. The summed E-state index contributed by atoms with van der Waals surface area (Å²) in [6, 6.07) is 13.8. The number of amides is 1. The van der Waals surface area contributed by atoms with Crippen LogP contribution in [0.25, 0.3) is 22.5 Å². The van der Waals surface area contributed by atoms with Gasteiger partial charge in [0.1, 0.15) is 18.0 Å². The number of nitrogens with zero attached hydrogens (tertiary/aromatic N) is 7. The highest BCUT2D eigenvalue weighted by Gasteiger charge is 2.41. The number of aryl methyl sites for hydroxylation is 1. The first-order valence-electron chi connectivity index (χ1n) is 16.0. The molecule has 3 aliphatic rings. The average Bonchev–Trinajstić information content (AvgIpc) is 3.47. The SMILES string of the molecule is C[C@@H]1CCN(Cc2cc3c(c(C(F)(F)F)c2)CN(c2cc(-c4cc(C#N)ccc4-c4nncn4C)cc(NCCC4CC4)n2)C3=O)C1. The fourth-order valence-corrected chi connectivity index (χ4v) is 6.71. The lowest BCUT2D eigenvalue weighted by Gasteiger charge is -2.19. The molecule has 2 fully saturated rings. The van der Waals surface area contributed by atoms with Gasteiger partial charge in [-0.3, -0.25) is 14.6 Å². The number of hydrogen-bond donors (Lipinski definition) is 1. The van der Waals surface area contributed by atoms with Crippen molar-refractivity contribution < 1.29 is 18.0 Å². The third-order valence-electron chi connectivity index (χ3n) is 9.38. The van der Waals surface area contributed by atoms with Gasteiger partial charge in [-0.1, -0.05) is 19.8 Å². The van der Waals surface area contributed by atoms with E-state index in [-0.39, 0.29) is 23.5 Å². The summed E-state index contributed by atoms with van der Waals surface area (Å²) >= 11 is 0. The van der Waals surface area contributed by atoms with Gasteiger partial charge in [0.15, 0.2) is 5.82 Å². The Morgan fingerprint density at radius 3 is 2.57 bits per heavy atom. The molecule has 2 aromatic heterocycles. The van der Waals surface area contributed by atoms with Crippen molar-refractivity contribution in [3.8, 4) is 28.6 Å². The first-order chi connectivity index (χ1) is 22.6. The first-order valence-corrected chi connectivity index (χ1v) is 16.0. The van der Waals surface area contributed by atoms with E-state index in [0.29, 0.717) is 64.4 Å². The van der Waals surface area contributed by atoms with Crippen LogP contribution in [0.1, 0.15) is 65.2 Å². The van der Waals surface area contributed by atoms with Gasteiger partial charge < -0.3 is 9.88 Å². The molecule has 2 aliphatic heterocycles. The van der Waals surface area contributed by atoms with E-state index < -0.39 is 17.6 Å². The van der Waals surface area contributed by atoms with Crippen molar-refractivity contribution in [3.05, 3.63) is 76.6 Å². The van der Waals surface area contributed by atoms with E-state index in [9.17, 15) is 23.2 Å². The van der Waals surface area contributed by atoms with Gasteiger partial charge in [-0.2, -0.15) is 18.4 Å². The van der Waals surface area contributed by atoms with E-state index in [1.807, 2.05) is 13.1 Å². The minimum Gasteiger partial charge on any atom is -0.370 e. The molecule has 4 aromatic rings. The molecule has 1 amide bonds. The fourth-order valence-electron chi connectivity index (χ4n) is 6.71. The van der Waals surface area contributed by atoms with Crippen molar-refractivity contribution >= 4 is 17.5 Å². The second-order valence-electron chi connectivity index (χ2n) is 13.1. The normalized spacial score (nSPS) is 18.1. The van der Waals surface area contributed by atoms with Crippen LogP contribution in [0.5, 0.6) is 0 Å². The molecule has 1 saturated heterocycles. The minimum absolute atomic E-state index is 0.0391. The lowest BCUT2D eigenvalue weighted by atomic mass is 9.97. The van der Waals surface area contributed by atoms with Crippen molar-refractivity contribution in [2.75, 3.05) is 29.9 Å². The third-order valence-corrected chi connectivity index (χ3v) is 9.38. The van der Waals surface area contributed by atoms with Crippen LogP contribution in [0, 0.1) is 23.2 Å². The zero-order chi connectivity index (χ0) is 32.9. The van der Waals surface area contributed by atoms with Crippen LogP contribution in [-0.2, 0) is 26.3 Å². The summed E-state index contributed by atoms with van der Waals surface area (Å²) in [6.45, 7) is 4.53. The molecular formula is C35H35F3N8O. The molecule has 1 N–H and O–H groups in total. The average molecular weight is 641 g/mol. The summed E-state index contributed by atoms with van der Waals surface area (Å²) in [5.41, 5.74) is 2.16. The second-order valence-corrected chi connectivity index (χ2v) is 13.1. The molecule has 4 heterocycles. The largest absolute Gasteiger partial charge is 0.416 e. The number of likely N-dealkylation sites (tertiary alicyclic amines) is 1. The van der Waals surface area contributed by atoms with Gasteiger partial charge in [-0.15, -0.1) is 10.2 Å². The van der Waals surface area contributed by atoms with Crippen molar-refractivity contribution in [1.29, 1.82) is 5.26 Å². The van der Waals surface area contributed by atoms with Crippen LogP contribution in [0.2, 0.25) is 0 Å². The molecule has 0 radical (unpaired) electrons. The first kappa shape index (κ1) is 30.9. The molecule has 242 valence electrons. The van der Waals surface area contributed by atoms with Gasteiger partial charge in [-0.25, -0.2) is 4.98 Å². The number of hydrogen-bond acceptors (Lipinski definition) is 7. The van der Waals surface area contributed by atoms with Crippen LogP contribution in [0.3, 0.4) is 0 Å². The fraction of sp³-hybridized carbons (Fsp3) is 0.400. The van der Waals surface area contributed by atoms with Crippen molar-refractivity contribution in [3.63, 3.8) is 0 Å². The molecule has 2 aromatic carbocycles. The minimum atomic E-state index is -4.62. The number of nitrogens with one attached hydrogen (secondary N) is 1. The molecule has 7 rings (SSSR count). The highest BCUT2D eigenvalue weighted by Crippen LogP contribution is 2.41. The number of halogens is 3. The van der Waals surface area contributed by atoms with Crippen molar-refractivity contribution in [1.82, 2.24) is 24.6 Å². The summed E-state index contributed by atoms with van der Waals surface area (Å²) in [5, 5.41) is 21.4. The molecule has 1 atom stereocenters. The van der Waals surface area contributed by atoms with Crippen molar-refractivity contribution in [2.45, 2.75) is 51.9 Å². The maximum atomic E-state index is 14.5. The molecule has 1 saturated carbocycles. The summed E-state index contributed by atoms with van der Waals surface area (Å²) in [4.78, 5) is 22.2. The van der Waals surface area contributed by atoms with Crippen LogP contribution in [0.4, 0.5) is 24.8 Å². The number of aromatic nitrogens is 4. The Labute approximate surface area is 271 Å². The Morgan fingerprint density at radius 1 is 1.06 bits per heavy atom. The van der Waals surface area contributed by atoms with E-state index in [4.69, 9.17) is 4.98 Å². The Hall–Kier alpha value is -4.76. The van der Waals surface area contributed by atoms with Gasteiger partial charge in [0.05, 0.1) is 23.7 Å². The van der Waals surface area contributed by atoms with E-state index in [2.05, 4.69) is 33.4 Å². The Bertz CT molecular complexity index is 1890. The predicted molar refractivity (Wildman–Crippen MR) is 171 cm³/mol. The summed E-state index contributed by atoms with van der Waals surface area (Å²) in [6.07, 6.45) is 1.32. The number of anilines is 2. The maximum Gasteiger partial charge on any atom is 0.416 e. The Kier molecular flexibility index (Phi) is 7.96. The number of fused-ring (bicyclic) bond motifs is 1. The smallest absolute Gasteiger partial charge is 0.370 e. The number of carbonyl (C=O) groups is 1. The molecule has 0 unspecified atom stereocenters. The highest BCUT2D eigenvalue weighted by molar-refractivity contribution is 6.10. The highest BCUT2D eigenvalue weighted by atomic mass is 19.4. The van der Waals surface area contributed by atoms with Crippen LogP contribution < -0.4 is 10.2 Å². The molecule has 1 aliphatic carbocycles. The van der Waals surface area contributed by atoms with Gasteiger partial charge >= 0.3 is 6.18 Å². The van der Waals surface area contributed by atoms with Crippen LogP contribution >= 0.6 is 0 Å². The Balaban J connectivity index is 1.30. The molecule has 9 nitrogen and oxygen atoms in total. The monoisotopic (exact) mass is 640 g/mol. The predicted octanol–water partition coefficient (Wildman–Crippen LogP) is 6.65. The lowest BCUT2D eigenvalue weighted by molar-refractivity contribution is -0.138. The van der Waals surface area contributed by atoms with Gasteiger partial charge in [-0.05, 0) is 95.9 Å². The van der Waals surface area contributed by atoms with Crippen LogP contribution in [0.15, 0.2) is 48.8 Å². The van der Waals surface area contributed by atoms with E-state index >= 15 is 0 Å². The molecule has 47 heavy (non-hydrogen) atoms. The molecule has 0 spiro atoms. The standard InChI is InChI=1S/C35H35F3N8O/c1-21-8-10-45(17-21)18-24-12-28-29(30(13-24)35(36,37)38)19-46(34(28)47)32-15-25(14-31(42-32)40-9-7-22-3-4-22)27-11-23(16-39)5-6-26(27)33-43-41-20-44(33)2/h5-6,11-15,20-22H,3-4,7-10,17-19H2,1-2H3,(H,40,42)/t21-/m1/s1. The lowest BCUT2D eigenvalue weighted by Crippen LogP contribution is -2.24. The number of rotatable bonds is 9. The number of pyridine rings is 1. The summed E-state index contributed by atoms with van der Waals surface area (Å²) in [5.74, 6) is 1.94. The number of carbonyl (C=O) groups excluding carboxylic acids is 1. The molecule has 0 bridgehead atoms. The van der Waals surface area contributed by atoms with Gasteiger partial charge in [0, 0.05) is 37.8 Å². The zero-order valence-corrected chi connectivity index (χ0v) is 26.3. The Morgan fingerprint density at radius 2 is 1.89 bits per heavy atom. The number of benzene rings is 2. The third kappa shape index (κ3) is 6.32. The quantitative estimate of drug-likeness (QED) is 0.219. The maximum absolute atomic E-state index is 14.5. The second kappa shape index (κ2) is 12.1. The summed E-state index contributed by atoms with van der Waals surface area (Å²) < 4.78 is 45.2.